The van der Waals surface area contributed by atoms with E-state index < -0.39 is 45.8 Å². The van der Waals surface area contributed by atoms with Crippen molar-refractivity contribution >= 4 is 45.1 Å². The fourth-order valence-corrected chi connectivity index (χ4v) is 8.20. The second-order valence-corrected chi connectivity index (χ2v) is 13.5. The molecule has 260 valence electrons. The number of para-hydroxylation sites is 1. The fourth-order valence-electron chi connectivity index (χ4n) is 6.16. The number of nitrogens with zero attached hydrogens (tertiary/aromatic N) is 5. The summed E-state index contributed by atoms with van der Waals surface area (Å²) in [6, 6.07) is 10.4. The monoisotopic (exact) mass is 715 g/mol. The summed E-state index contributed by atoms with van der Waals surface area (Å²) in [6.07, 6.45) is -6.00. The maximum absolute atomic E-state index is 15.1. The van der Waals surface area contributed by atoms with Gasteiger partial charge in [0.25, 0.3) is 15.9 Å². The number of rotatable bonds is 6. The third-order valence-corrected chi connectivity index (χ3v) is 10.4. The molecule has 3 heterocycles. The molecule has 5 rings (SSSR count). The van der Waals surface area contributed by atoms with Crippen LogP contribution in [-0.2, 0) is 37.0 Å². The van der Waals surface area contributed by atoms with Crippen molar-refractivity contribution in [2.24, 2.45) is 7.05 Å². The second-order valence-electron chi connectivity index (χ2n) is 11.4. The summed E-state index contributed by atoms with van der Waals surface area (Å²) >= 11 is 6.51. The average Bonchev–Trinajstić information content (AvgIpc) is 3.60. The Morgan fingerprint density at radius 2 is 1.73 bits per heavy atom. The second kappa shape index (κ2) is 13.0. The molecule has 2 aliphatic heterocycles. The molecule has 13 nitrogen and oxygen atoms in total. The van der Waals surface area contributed by atoms with Gasteiger partial charge in [0.2, 0.25) is 5.91 Å². The highest BCUT2D eigenvalue weighted by Crippen LogP contribution is 2.55. The number of hydrogen-bond donors (Lipinski definition) is 2. The average molecular weight is 716 g/mol. The summed E-state index contributed by atoms with van der Waals surface area (Å²) in [4.78, 5) is 40.4. The predicted molar refractivity (Wildman–Crippen MR) is 166 cm³/mol. The van der Waals surface area contributed by atoms with Gasteiger partial charge in [0.15, 0.2) is 5.54 Å². The number of benzene rings is 2. The molecule has 1 saturated heterocycles. The number of alkyl halides is 3. The van der Waals surface area contributed by atoms with Crippen molar-refractivity contribution < 1.29 is 50.9 Å². The van der Waals surface area contributed by atoms with E-state index >= 15 is 4.79 Å². The molecule has 1 unspecified atom stereocenters. The van der Waals surface area contributed by atoms with Gasteiger partial charge in [-0.25, -0.2) is 17.5 Å². The van der Waals surface area contributed by atoms with Crippen molar-refractivity contribution in [3.05, 3.63) is 70.0 Å². The van der Waals surface area contributed by atoms with Crippen LogP contribution in [0.5, 0.6) is 5.75 Å². The van der Waals surface area contributed by atoms with E-state index in [1.165, 1.54) is 28.8 Å². The van der Waals surface area contributed by atoms with Crippen LogP contribution < -0.4 is 9.04 Å². The molecule has 1 fully saturated rings. The topological polar surface area (TPSA) is 163 Å². The Morgan fingerprint density at radius 1 is 1.12 bits per heavy atom. The number of aliphatic hydroxyl groups excluding tert-OH is 1. The number of likely N-dealkylation sites (N-methyl/N-ethyl adjacent to an activating group) is 1. The fraction of sp³-hybridized carbons (Fsp3) is 0.400. The third-order valence-electron chi connectivity index (χ3n) is 8.18. The Kier molecular flexibility index (Phi) is 9.94. The van der Waals surface area contributed by atoms with Crippen LogP contribution in [0, 0.1) is 13.8 Å². The first-order valence-corrected chi connectivity index (χ1v) is 16.0. The van der Waals surface area contributed by atoms with Gasteiger partial charge in [-0.05, 0) is 44.5 Å². The number of fused-ring (bicyclic) bond motifs is 1. The number of carbonyl (C=O) groups excluding carboxylic acids is 2. The molecular weight excluding hydrogens is 683 g/mol. The lowest BCUT2D eigenvalue weighted by Gasteiger charge is -2.42. The normalized spacial score (nSPS) is 21.1. The van der Waals surface area contributed by atoms with Crippen LogP contribution >= 0.6 is 11.6 Å². The number of ether oxygens (including phenoxy) is 1. The Morgan fingerprint density at radius 3 is 2.25 bits per heavy atom. The number of aliphatic hydroxyl groups is 1. The molecule has 0 spiro atoms. The van der Waals surface area contributed by atoms with E-state index in [2.05, 4.69) is 5.10 Å². The highest BCUT2D eigenvalue weighted by molar-refractivity contribution is 7.93. The molecule has 0 bridgehead atoms. The summed E-state index contributed by atoms with van der Waals surface area (Å²) in [5, 5.41) is 22.6. The molecule has 0 aliphatic carbocycles. The van der Waals surface area contributed by atoms with Crippen molar-refractivity contribution in [1.29, 1.82) is 0 Å². The van der Waals surface area contributed by atoms with Crippen LogP contribution in [0.2, 0.25) is 5.02 Å². The number of aromatic nitrogens is 2. The van der Waals surface area contributed by atoms with Crippen molar-refractivity contribution in [3.8, 4) is 5.75 Å². The predicted octanol–water partition coefficient (Wildman–Crippen LogP) is 2.83. The molecule has 1 aromatic heterocycles. The minimum Gasteiger partial charge on any atom is -0.496 e. The van der Waals surface area contributed by atoms with Gasteiger partial charge >= 0.3 is 12.1 Å². The number of likely N-dealkylation sites (tertiary alicyclic amines) is 1. The zero-order chi connectivity index (χ0) is 36.1. The lowest BCUT2D eigenvalue weighted by atomic mass is 9.80. The maximum Gasteiger partial charge on any atom is 0.490 e. The van der Waals surface area contributed by atoms with Crippen molar-refractivity contribution in [1.82, 2.24) is 19.6 Å². The van der Waals surface area contributed by atoms with Crippen molar-refractivity contribution in [3.63, 3.8) is 0 Å². The largest absolute Gasteiger partial charge is 0.496 e. The van der Waals surface area contributed by atoms with Gasteiger partial charge in [-0.3, -0.25) is 19.2 Å². The van der Waals surface area contributed by atoms with Gasteiger partial charge in [-0.15, -0.1) is 0 Å². The Hall–Kier alpha value is -4.19. The lowest BCUT2D eigenvalue weighted by Crippen LogP contribution is -2.59. The number of methoxy groups -OCH3 is 1. The van der Waals surface area contributed by atoms with Gasteiger partial charge in [-0.1, -0.05) is 29.8 Å². The molecule has 48 heavy (non-hydrogen) atoms. The standard InChI is InChI=1S/C28H32ClN5O6S.C2HF3O2/c1-16-25(17(2)32(5)30-16)41(38,39)34-22-12-11-18(29)13-21(22)28(27(34)37,20-9-7-8-10-24(20)40-6)33-15-19(35)14-23(33)26(36)31(3)4;3-2(4,5)1(6)7/h7-13,19,23,35H,14-15H2,1-6H3;(H,6,7)/t19-,23+,28?;/m1./s1. The molecule has 3 atom stereocenters. The molecule has 2 aromatic carbocycles. The molecule has 2 aliphatic rings. The first-order valence-electron chi connectivity index (χ1n) is 14.2. The van der Waals surface area contributed by atoms with E-state index in [1.807, 2.05) is 0 Å². The van der Waals surface area contributed by atoms with E-state index in [1.54, 1.807) is 70.2 Å². The van der Waals surface area contributed by atoms with E-state index in [9.17, 15) is 31.5 Å². The van der Waals surface area contributed by atoms with Gasteiger partial charge in [0.1, 0.15) is 10.6 Å². The molecule has 2 N–H and O–H groups in total. The van der Waals surface area contributed by atoms with Crippen LogP contribution in [0.15, 0.2) is 47.4 Å². The number of hydrogen-bond acceptors (Lipinski definition) is 9. The van der Waals surface area contributed by atoms with Gasteiger partial charge in [0.05, 0.1) is 36.3 Å². The van der Waals surface area contributed by atoms with Crippen LogP contribution in [0.3, 0.4) is 0 Å². The molecule has 0 radical (unpaired) electrons. The number of carboxylic acids is 1. The summed E-state index contributed by atoms with van der Waals surface area (Å²) in [5.41, 5.74) is -0.631. The van der Waals surface area contributed by atoms with E-state index in [4.69, 9.17) is 26.2 Å². The van der Waals surface area contributed by atoms with E-state index in [0.717, 1.165) is 4.31 Å². The number of aliphatic carboxylic acids is 1. The van der Waals surface area contributed by atoms with Crippen LogP contribution in [0.25, 0.3) is 0 Å². The zero-order valence-corrected chi connectivity index (χ0v) is 28.2. The molecular formula is C30H33ClF3N5O8S. The van der Waals surface area contributed by atoms with Gasteiger partial charge in [0, 0.05) is 43.8 Å². The number of aryl methyl sites for hydroxylation is 2. The minimum atomic E-state index is -5.08. The van der Waals surface area contributed by atoms with Crippen LogP contribution in [-0.4, -0.2) is 102 Å². The number of carbonyl (C=O) groups is 3. The van der Waals surface area contributed by atoms with Crippen molar-refractivity contribution in [2.45, 2.75) is 49.0 Å². The zero-order valence-electron chi connectivity index (χ0n) is 26.6. The number of anilines is 1. The highest BCUT2D eigenvalue weighted by atomic mass is 35.5. The SMILES string of the molecule is COc1ccccc1C1(N2C[C@H](O)C[C@H]2C(=O)N(C)C)C(=O)N(S(=O)(=O)c2c(C)nn(C)c2C)c2ccc(Cl)cc21.O=C(O)C(F)(F)F. The smallest absolute Gasteiger partial charge is 0.490 e. The first kappa shape index (κ1) is 36.6. The van der Waals surface area contributed by atoms with Crippen molar-refractivity contribution in [2.75, 3.05) is 32.1 Å². The van der Waals surface area contributed by atoms with Gasteiger partial charge in [-0.2, -0.15) is 18.3 Å². The van der Waals surface area contributed by atoms with Gasteiger partial charge < -0.3 is 19.8 Å². The number of β-amino-alcohol motifs (C(OH)–C–C–N with tert-alkyl or cyclic N) is 1. The highest BCUT2D eigenvalue weighted by Gasteiger charge is 2.64. The van der Waals surface area contributed by atoms with Crippen LogP contribution in [0.4, 0.5) is 18.9 Å². The van der Waals surface area contributed by atoms with Crippen LogP contribution in [0.1, 0.15) is 28.9 Å². The van der Waals surface area contributed by atoms with E-state index in [-0.39, 0.29) is 45.7 Å². The summed E-state index contributed by atoms with van der Waals surface area (Å²) in [5.74, 6) is -3.63. The molecule has 2 amide bonds. The lowest BCUT2D eigenvalue weighted by molar-refractivity contribution is -0.192. The summed E-state index contributed by atoms with van der Waals surface area (Å²) in [6.45, 7) is 3.10. The number of carboxylic acid groups (broad SMARTS) is 1. The summed E-state index contributed by atoms with van der Waals surface area (Å²) in [7, 11) is 1.74. The number of amides is 2. The number of sulfonamides is 1. The maximum atomic E-state index is 15.1. The quantitative estimate of drug-likeness (QED) is 0.388. The Labute approximate surface area is 279 Å². The third kappa shape index (κ3) is 5.99. The number of halogens is 4. The molecule has 18 heteroatoms. The minimum absolute atomic E-state index is 0.0463. The molecule has 0 saturated carbocycles. The Bertz CT molecular complexity index is 1880. The Balaban J connectivity index is 0.000000671. The van der Waals surface area contributed by atoms with E-state index in [0.29, 0.717) is 17.0 Å². The summed E-state index contributed by atoms with van der Waals surface area (Å²) < 4.78 is 68.6. The molecule has 3 aromatic rings. The first-order chi connectivity index (χ1) is 22.2.